The zero-order valence-corrected chi connectivity index (χ0v) is 12.2. The number of carbonyl (C=O) groups excluding carboxylic acids is 1. The maximum Gasteiger partial charge on any atom is 0.221 e. The maximum atomic E-state index is 11.7. The Kier molecular flexibility index (Phi) is 4.23. The molecular weight excluding hydrogens is 212 g/mol. The molecule has 0 saturated heterocycles. The molecule has 0 aromatic heterocycles. The van der Waals surface area contributed by atoms with Gasteiger partial charge in [-0.1, -0.05) is 34.6 Å². The minimum Gasteiger partial charge on any atom is -0.356 e. The van der Waals surface area contributed by atoms with Crippen molar-refractivity contribution in [2.45, 2.75) is 54.0 Å². The van der Waals surface area contributed by atoms with Crippen LogP contribution in [0.25, 0.3) is 0 Å². The van der Waals surface area contributed by atoms with Crippen molar-refractivity contribution in [3.63, 3.8) is 0 Å². The van der Waals surface area contributed by atoms with E-state index in [1.165, 1.54) is 0 Å². The summed E-state index contributed by atoms with van der Waals surface area (Å²) in [6.07, 6.45) is 0.571. The zero-order valence-electron chi connectivity index (χ0n) is 12.2. The molecule has 1 amide bonds. The molecule has 0 aromatic rings. The molecule has 2 N–H and O–H groups in total. The van der Waals surface area contributed by atoms with Gasteiger partial charge in [0.2, 0.25) is 5.91 Å². The van der Waals surface area contributed by atoms with Crippen molar-refractivity contribution in [3.8, 4) is 0 Å². The first-order valence-corrected chi connectivity index (χ1v) is 6.73. The Bertz CT molecular complexity index is 270. The van der Waals surface area contributed by atoms with Crippen molar-refractivity contribution in [2.75, 3.05) is 13.1 Å². The summed E-state index contributed by atoms with van der Waals surface area (Å²) in [6, 6.07) is 0.264. The van der Waals surface area contributed by atoms with Crippen LogP contribution in [0.4, 0.5) is 0 Å². The lowest BCUT2D eigenvalue weighted by Crippen LogP contribution is -2.34. The third kappa shape index (κ3) is 3.01. The topological polar surface area (TPSA) is 41.1 Å². The van der Waals surface area contributed by atoms with Crippen molar-refractivity contribution in [1.82, 2.24) is 10.6 Å². The summed E-state index contributed by atoms with van der Waals surface area (Å²) >= 11 is 0. The van der Waals surface area contributed by atoms with Crippen molar-refractivity contribution < 1.29 is 4.79 Å². The van der Waals surface area contributed by atoms with E-state index < -0.39 is 0 Å². The van der Waals surface area contributed by atoms with Gasteiger partial charge in [-0.15, -0.1) is 0 Å². The summed E-state index contributed by atoms with van der Waals surface area (Å²) in [5.74, 6) is 0.769. The van der Waals surface area contributed by atoms with E-state index in [-0.39, 0.29) is 11.9 Å². The number of rotatable bonds is 6. The summed E-state index contributed by atoms with van der Waals surface area (Å²) in [5.41, 5.74) is 0.709. The molecule has 3 nitrogen and oxygen atoms in total. The number of amides is 1. The molecule has 0 bridgehead atoms. The van der Waals surface area contributed by atoms with Gasteiger partial charge in [-0.3, -0.25) is 4.79 Å². The van der Waals surface area contributed by atoms with Crippen LogP contribution in [0, 0.1) is 16.7 Å². The van der Waals surface area contributed by atoms with Crippen LogP contribution in [0.1, 0.15) is 48.0 Å². The van der Waals surface area contributed by atoms with E-state index >= 15 is 0 Å². The first-order valence-electron chi connectivity index (χ1n) is 6.73. The van der Waals surface area contributed by atoms with E-state index in [0.717, 1.165) is 13.1 Å². The summed E-state index contributed by atoms with van der Waals surface area (Å²) in [6.45, 7) is 15.0. The molecule has 100 valence electrons. The molecule has 0 heterocycles. The van der Waals surface area contributed by atoms with Crippen molar-refractivity contribution in [1.29, 1.82) is 0 Å². The van der Waals surface area contributed by atoms with Crippen molar-refractivity contribution in [3.05, 3.63) is 0 Å². The van der Waals surface area contributed by atoms with E-state index in [4.69, 9.17) is 0 Å². The normalized spacial score (nSPS) is 23.2. The fraction of sp³-hybridized carbons (Fsp3) is 0.929. The van der Waals surface area contributed by atoms with Crippen molar-refractivity contribution in [2.24, 2.45) is 16.7 Å². The third-order valence-electron chi connectivity index (χ3n) is 4.87. The van der Waals surface area contributed by atoms with Gasteiger partial charge >= 0.3 is 0 Å². The predicted octanol–water partition coefficient (Wildman–Crippen LogP) is 2.17. The Hall–Kier alpha value is -0.570. The number of nitrogens with one attached hydrogen (secondary N) is 2. The van der Waals surface area contributed by atoms with E-state index in [2.05, 4.69) is 45.3 Å². The minimum atomic E-state index is 0.164. The standard InChI is InChI=1S/C14H28N2O/c1-7-15-10(2)8-12(17)16-9-11-13(3,4)14(11,5)6/h10-11,15H,7-9H2,1-6H3,(H,16,17). The van der Waals surface area contributed by atoms with Gasteiger partial charge in [0.25, 0.3) is 0 Å². The number of carbonyl (C=O) groups is 1. The molecule has 3 heteroatoms. The van der Waals surface area contributed by atoms with E-state index in [9.17, 15) is 4.79 Å². The quantitative estimate of drug-likeness (QED) is 0.747. The van der Waals surface area contributed by atoms with Crippen LogP contribution in [0.5, 0.6) is 0 Å². The largest absolute Gasteiger partial charge is 0.356 e. The Morgan fingerprint density at radius 2 is 1.76 bits per heavy atom. The number of hydrogen-bond acceptors (Lipinski definition) is 2. The van der Waals surface area contributed by atoms with Crippen LogP contribution < -0.4 is 10.6 Å². The van der Waals surface area contributed by atoms with Gasteiger partial charge in [0.1, 0.15) is 0 Å². The van der Waals surface area contributed by atoms with Gasteiger partial charge in [0.15, 0.2) is 0 Å². The average Bonchev–Trinajstić information content (AvgIpc) is 2.55. The molecule has 1 rings (SSSR count). The molecular formula is C14H28N2O. The van der Waals surface area contributed by atoms with E-state index in [1.807, 2.05) is 6.92 Å². The summed E-state index contributed by atoms with van der Waals surface area (Å²) in [7, 11) is 0. The van der Waals surface area contributed by atoms with Gasteiger partial charge in [0.05, 0.1) is 0 Å². The van der Waals surface area contributed by atoms with E-state index in [0.29, 0.717) is 23.2 Å². The van der Waals surface area contributed by atoms with Crippen LogP contribution in [0.3, 0.4) is 0 Å². The van der Waals surface area contributed by atoms with Crippen LogP contribution >= 0.6 is 0 Å². The highest BCUT2D eigenvalue weighted by atomic mass is 16.1. The van der Waals surface area contributed by atoms with Crippen LogP contribution in [0.15, 0.2) is 0 Å². The lowest BCUT2D eigenvalue weighted by atomic mass is 10.0. The Balaban J connectivity index is 2.27. The Morgan fingerprint density at radius 1 is 1.24 bits per heavy atom. The predicted molar refractivity (Wildman–Crippen MR) is 71.8 cm³/mol. The van der Waals surface area contributed by atoms with Gasteiger partial charge in [-0.2, -0.15) is 0 Å². The molecule has 17 heavy (non-hydrogen) atoms. The molecule has 0 aromatic carbocycles. The Labute approximate surface area is 106 Å². The smallest absolute Gasteiger partial charge is 0.221 e. The summed E-state index contributed by atoms with van der Waals surface area (Å²) < 4.78 is 0. The second-order valence-electron chi connectivity index (χ2n) is 6.46. The molecule has 1 unspecified atom stereocenters. The molecule has 0 spiro atoms. The monoisotopic (exact) mass is 240 g/mol. The van der Waals surface area contributed by atoms with Crippen molar-refractivity contribution >= 4 is 5.91 Å². The first-order chi connectivity index (χ1) is 7.73. The van der Waals surface area contributed by atoms with Gasteiger partial charge in [-0.05, 0) is 30.2 Å². The molecule has 1 saturated carbocycles. The SMILES string of the molecule is CCNC(C)CC(=O)NCC1C(C)(C)C1(C)C. The third-order valence-corrected chi connectivity index (χ3v) is 4.87. The molecule has 1 atom stereocenters. The minimum absolute atomic E-state index is 0.164. The fourth-order valence-electron chi connectivity index (χ4n) is 2.83. The van der Waals surface area contributed by atoms with Gasteiger partial charge < -0.3 is 10.6 Å². The average molecular weight is 240 g/mol. The van der Waals surface area contributed by atoms with Crippen LogP contribution in [-0.2, 0) is 4.79 Å². The van der Waals surface area contributed by atoms with Gasteiger partial charge in [0, 0.05) is 19.0 Å². The Morgan fingerprint density at radius 3 is 2.18 bits per heavy atom. The highest BCUT2D eigenvalue weighted by Crippen LogP contribution is 2.67. The van der Waals surface area contributed by atoms with Crippen LogP contribution in [0.2, 0.25) is 0 Å². The summed E-state index contributed by atoms with van der Waals surface area (Å²) in [5, 5.41) is 6.32. The second kappa shape index (κ2) is 4.97. The highest BCUT2D eigenvalue weighted by molar-refractivity contribution is 5.76. The lowest BCUT2D eigenvalue weighted by molar-refractivity contribution is -0.121. The lowest BCUT2D eigenvalue weighted by Gasteiger charge is -2.12. The molecule has 1 aliphatic rings. The second-order valence-corrected chi connectivity index (χ2v) is 6.46. The maximum absolute atomic E-state index is 11.7. The molecule has 0 aliphatic heterocycles. The molecule has 1 fully saturated rings. The van der Waals surface area contributed by atoms with E-state index in [1.54, 1.807) is 0 Å². The molecule has 0 radical (unpaired) electrons. The highest BCUT2D eigenvalue weighted by Gasteiger charge is 2.64. The zero-order chi connectivity index (χ0) is 13.3. The fourth-order valence-corrected chi connectivity index (χ4v) is 2.83. The molecule has 1 aliphatic carbocycles. The van der Waals surface area contributed by atoms with Gasteiger partial charge in [-0.25, -0.2) is 0 Å². The summed E-state index contributed by atoms with van der Waals surface area (Å²) in [4.78, 5) is 11.7. The van der Waals surface area contributed by atoms with Crippen LogP contribution in [-0.4, -0.2) is 25.0 Å². The number of hydrogen-bond donors (Lipinski definition) is 2. The first kappa shape index (κ1) is 14.5.